The molecule has 11 heteroatoms. The van der Waals surface area contributed by atoms with E-state index in [2.05, 4.69) is 27.3 Å². The minimum atomic E-state index is -5.19. The van der Waals surface area contributed by atoms with Crippen LogP contribution in [-0.2, 0) is 22.5 Å². The maximum atomic E-state index is 13.0. The van der Waals surface area contributed by atoms with Crippen LogP contribution in [0.15, 0.2) is 48.7 Å². The van der Waals surface area contributed by atoms with Crippen LogP contribution in [0.5, 0.6) is 0 Å². The smallest absolute Gasteiger partial charge is 0.379 e. The number of ether oxygens (including phenoxy) is 1. The van der Waals surface area contributed by atoms with Gasteiger partial charge in [0.2, 0.25) is 0 Å². The summed E-state index contributed by atoms with van der Waals surface area (Å²) in [6.45, 7) is 4.40. The van der Waals surface area contributed by atoms with Gasteiger partial charge >= 0.3 is 12.1 Å². The number of morpholine rings is 1. The molecule has 1 fully saturated rings. The largest absolute Gasteiger partial charge is 0.493 e. The number of carbonyl (C=O) groups is 2. The second kappa shape index (κ2) is 10.8. The molecule has 198 valence electrons. The lowest BCUT2D eigenvalue weighted by molar-refractivity contribution is -0.199. The highest BCUT2D eigenvalue weighted by atomic mass is 19.4. The molecule has 0 saturated carbocycles. The molecule has 8 nitrogen and oxygen atoms in total. The van der Waals surface area contributed by atoms with Crippen molar-refractivity contribution in [1.82, 2.24) is 19.9 Å². The summed E-state index contributed by atoms with van der Waals surface area (Å²) in [5.41, 5.74) is 3.65. The summed E-state index contributed by atoms with van der Waals surface area (Å²) >= 11 is 0. The van der Waals surface area contributed by atoms with E-state index in [1.54, 1.807) is 18.2 Å². The average Bonchev–Trinajstić information content (AvgIpc) is 3.28. The zero-order valence-electron chi connectivity index (χ0n) is 20.3. The van der Waals surface area contributed by atoms with Crippen molar-refractivity contribution in [2.45, 2.75) is 19.1 Å². The molecule has 0 unspecified atom stereocenters. The van der Waals surface area contributed by atoms with Crippen LogP contribution in [0.2, 0.25) is 0 Å². The van der Waals surface area contributed by atoms with E-state index >= 15 is 0 Å². The highest BCUT2D eigenvalue weighted by Gasteiger charge is 2.43. The Morgan fingerprint density at radius 2 is 1.87 bits per heavy atom. The maximum absolute atomic E-state index is 13.0. The summed E-state index contributed by atoms with van der Waals surface area (Å²) in [7, 11) is 0. The first-order valence-electron chi connectivity index (χ1n) is 12.1. The Morgan fingerprint density at radius 3 is 2.61 bits per heavy atom. The van der Waals surface area contributed by atoms with Crippen molar-refractivity contribution in [2.75, 3.05) is 32.8 Å². The molecule has 2 aromatic heterocycles. The minimum absolute atomic E-state index is 0.147. The van der Waals surface area contributed by atoms with Crippen molar-refractivity contribution in [3.63, 3.8) is 0 Å². The van der Waals surface area contributed by atoms with E-state index in [9.17, 15) is 22.8 Å². The molecular formula is C27H25F3N4O4. The van der Waals surface area contributed by atoms with Gasteiger partial charge in [-0.25, -0.2) is 4.79 Å². The lowest BCUT2D eigenvalue weighted by Crippen LogP contribution is -2.37. The standard InChI is InChI=1S/C27H25F3N4O4/c28-27(29,30)26(36)38-34-23-8-10-32-25(35)22(23)16-24(34)20-7-9-31-21(15-20)6-5-18-1-3-19(4-2-18)17-33-11-13-37-14-12-33/h1-7,9,15-16H,8,10-14,17H2,(H,32,35). The molecule has 1 saturated heterocycles. The van der Waals surface area contributed by atoms with Crippen LogP contribution in [0.3, 0.4) is 0 Å². The van der Waals surface area contributed by atoms with Crippen LogP contribution < -0.4 is 10.2 Å². The molecule has 0 spiro atoms. The Morgan fingerprint density at radius 1 is 1.11 bits per heavy atom. The van der Waals surface area contributed by atoms with Gasteiger partial charge in [-0.2, -0.15) is 17.9 Å². The van der Waals surface area contributed by atoms with Gasteiger partial charge in [-0.1, -0.05) is 30.3 Å². The van der Waals surface area contributed by atoms with E-state index in [1.165, 1.54) is 17.8 Å². The van der Waals surface area contributed by atoms with E-state index < -0.39 is 18.1 Å². The Hall–Kier alpha value is -3.96. The summed E-state index contributed by atoms with van der Waals surface area (Å²) in [5, 5.41) is 2.64. The predicted octanol–water partition coefficient (Wildman–Crippen LogP) is 3.36. The van der Waals surface area contributed by atoms with Crippen LogP contribution in [-0.4, -0.2) is 65.5 Å². The van der Waals surface area contributed by atoms with Gasteiger partial charge in [-0.05, 0) is 35.4 Å². The average molecular weight is 527 g/mol. The monoisotopic (exact) mass is 526 g/mol. The molecule has 5 rings (SSSR count). The van der Waals surface area contributed by atoms with Crippen molar-refractivity contribution in [2.24, 2.45) is 0 Å². The molecule has 0 bridgehead atoms. The van der Waals surface area contributed by atoms with Gasteiger partial charge in [-0.3, -0.25) is 14.7 Å². The van der Waals surface area contributed by atoms with Gasteiger partial charge in [0, 0.05) is 44.4 Å². The quantitative estimate of drug-likeness (QED) is 0.531. The molecule has 2 aliphatic heterocycles. The Labute approximate surface area is 216 Å². The number of fused-ring (bicyclic) bond motifs is 1. The number of carbonyl (C=O) groups excluding carboxylic acids is 2. The molecule has 3 aromatic rings. The van der Waals surface area contributed by atoms with Crippen LogP contribution in [0.1, 0.15) is 32.9 Å². The molecule has 1 amide bonds. The highest BCUT2D eigenvalue weighted by molar-refractivity contribution is 5.98. The van der Waals surface area contributed by atoms with Crippen LogP contribution in [0, 0.1) is 0 Å². The first-order chi connectivity index (χ1) is 18.3. The number of hydrogen-bond acceptors (Lipinski definition) is 6. The van der Waals surface area contributed by atoms with Crippen molar-refractivity contribution in [3.05, 3.63) is 76.7 Å². The van der Waals surface area contributed by atoms with E-state index in [0.717, 1.165) is 43.1 Å². The second-order valence-corrected chi connectivity index (χ2v) is 9.00. The fraction of sp³-hybridized carbons (Fsp3) is 0.296. The summed E-state index contributed by atoms with van der Waals surface area (Å²) < 4.78 is 45.1. The number of alkyl halides is 3. The fourth-order valence-electron chi connectivity index (χ4n) is 4.43. The van der Waals surface area contributed by atoms with Gasteiger partial charge in [-0.15, -0.1) is 0 Å². The van der Waals surface area contributed by atoms with Crippen molar-refractivity contribution in [3.8, 4) is 11.3 Å². The molecule has 1 N–H and O–H groups in total. The highest BCUT2D eigenvalue weighted by Crippen LogP contribution is 2.29. The van der Waals surface area contributed by atoms with E-state index in [4.69, 9.17) is 9.57 Å². The lowest BCUT2D eigenvalue weighted by Gasteiger charge is -2.26. The summed E-state index contributed by atoms with van der Waals surface area (Å²) in [4.78, 5) is 35.3. The van der Waals surface area contributed by atoms with Gasteiger partial charge in [0.25, 0.3) is 5.91 Å². The Balaban J connectivity index is 1.37. The number of amides is 1. The number of rotatable bonds is 6. The number of benzene rings is 1. The third kappa shape index (κ3) is 5.79. The van der Waals surface area contributed by atoms with Crippen LogP contribution in [0.25, 0.3) is 23.4 Å². The molecule has 2 aliphatic rings. The maximum Gasteiger partial charge on any atom is 0.493 e. The minimum Gasteiger partial charge on any atom is -0.379 e. The van der Waals surface area contributed by atoms with E-state index in [0.29, 0.717) is 11.3 Å². The number of aromatic nitrogens is 2. The number of nitrogens with one attached hydrogen (secondary N) is 1. The molecule has 0 atom stereocenters. The topological polar surface area (TPSA) is 85.7 Å². The van der Waals surface area contributed by atoms with Crippen LogP contribution >= 0.6 is 0 Å². The number of halogens is 3. The molecule has 4 heterocycles. The number of nitrogens with zero attached hydrogens (tertiary/aromatic N) is 3. The summed E-state index contributed by atoms with van der Waals surface area (Å²) in [6, 6.07) is 12.8. The Kier molecular flexibility index (Phi) is 7.30. The first kappa shape index (κ1) is 25.7. The molecule has 38 heavy (non-hydrogen) atoms. The van der Waals surface area contributed by atoms with E-state index in [1.807, 2.05) is 18.2 Å². The van der Waals surface area contributed by atoms with Gasteiger partial charge in [0.15, 0.2) is 0 Å². The van der Waals surface area contributed by atoms with Crippen molar-refractivity contribution in [1.29, 1.82) is 0 Å². The zero-order valence-corrected chi connectivity index (χ0v) is 20.3. The first-order valence-corrected chi connectivity index (χ1v) is 12.1. The molecule has 0 radical (unpaired) electrons. The SMILES string of the molecule is O=C1NCCc2c1cc(-c1ccnc(C=Cc3ccc(CN4CCOCC4)cc3)c1)n2OC(=O)C(F)(F)F. The predicted molar refractivity (Wildman–Crippen MR) is 133 cm³/mol. The third-order valence-corrected chi connectivity index (χ3v) is 6.37. The fourth-order valence-corrected chi connectivity index (χ4v) is 4.43. The zero-order chi connectivity index (χ0) is 26.7. The molecule has 1 aromatic carbocycles. The van der Waals surface area contributed by atoms with E-state index in [-0.39, 0.29) is 29.9 Å². The Bertz CT molecular complexity index is 1360. The molecular weight excluding hydrogens is 501 g/mol. The number of hydrogen-bond donors (Lipinski definition) is 1. The van der Waals surface area contributed by atoms with Gasteiger partial charge in [0.05, 0.1) is 35.9 Å². The second-order valence-electron chi connectivity index (χ2n) is 9.00. The number of pyridine rings is 1. The van der Waals surface area contributed by atoms with Crippen molar-refractivity contribution >= 4 is 24.0 Å². The van der Waals surface area contributed by atoms with Gasteiger partial charge in [0.1, 0.15) is 0 Å². The third-order valence-electron chi connectivity index (χ3n) is 6.37. The van der Waals surface area contributed by atoms with Crippen molar-refractivity contribution < 1.29 is 32.3 Å². The summed E-state index contributed by atoms with van der Waals surface area (Å²) in [6.07, 6.45) is 0.192. The lowest BCUT2D eigenvalue weighted by atomic mass is 10.1. The molecule has 0 aliphatic carbocycles. The van der Waals surface area contributed by atoms with Crippen LogP contribution in [0.4, 0.5) is 13.2 Å². The van der Waals surface area contributed by atoms with Gasteiger partial charge < -0.3 is 14.9 Å². The normalized spacial score (nSPS) is 16.3. The summed E-state index contributed by atoms with van der Waals surface area (Å²) in [5.74, 6) is -2.81.